The first-order valence-corrected chi connectivity index (χ1v) is 7.76. The average Bonchev–Trinajstić information content (AvgIpc) is 2.38. The number of hydrogen-bond acceptors (Lipinski definition) is 1. The average molecular weight is 266 g/mol. The Labute approximate surface area is 116 Å². The van der Waals surface area contributed by atoms with Gasteiger partial charge in [-0.15, -0.1) is 11.6 Å². The minimum atomic E-state index is 0.269. The maximum Gasteiger partial charge on any atom is 0.0430 e. The summed E-state index contributed by atoms with van der Waals surface area (Å²) in [6.07, 6.45) is 13.3. The van der Waals surface area contributed by atoms with Crippen molar-refractivity contribution in [2.45, 2.75) is 63.2 Å². The van der Waals surface area contributed by atoms with Gasteiger partial charge in [0.25, 0.3) is 0 Å². The van der Waals surface area contributed by atoms with E-state index >= 15 is 0 Å². The Morgan fingerprint density at radius 2 is 1.61 bits per heavy atom. The molecule has 100 valence electrons. The van der Waals surface area contributed by atoms with E-state index in [-0.39, 0.29) is 5.38 Å². The number of hydrogen-bond donors (Lipinski definition) is 0. The molecule has 0 amide bonds. The van der Waals surface area contributed by atoms with Gasteiger partial charge in [0.2, 0.25) is 0 Å². The van der Waals surface area contributed by atoms with Gasteiger partial charge in [-0.3, -0.25) is 4.98 Å². The molecule has 1 heterocycles. The van der Waals surface area contributed by atoms with Gasteiger partial charge < -0.3 is 0 Å². The van der Waals surface area contributed by atoms with Crippen molar-refractivity contribution < 1.29 is 0 Å². The first-order valence-electron chi connectivity index (χ1n) is 7.33. The summed E-state index contributed by atoms with van der Waals surface area (Å²) in [7, 11) is 0. The number of rotatable bonds is 3. The molecular formula is C16H24ClN. The zero-order chi connectivity index (χ0) is 12.8. The second-order valence-corrected chi connectivity index (χ2v) is 6.12. The molecule has 1 nitrogen and oxygen atoms in total. The maximum absolute atomic E-state index is 6.75. The predicted molar refractivity (Wildman–Crippen MR) is 78.1 cm³/mol. The van der Waals surface area contributed by atoms with Gasteiger partial charge in [-0.05, 0) is 42.4 Å². The molecule has 1 aliphatic rings. The molecule has 0 aliphatic heterocycles. The molecule has 1 saturated carbocycles. The molecule has 0 aromatic carbocycles. The van der Waals surface area contributed by atoms with Crippen LogP contribution in [0.2, 0.25) is 0 Å². The topological polar surface area (TPSA) is 12.9 Å². The fourth-order valence-electron chi connectivity index (χ4n) is 3.07. The van der Waals surface area contributed by atoms with Crippen LogP contribution in [0.3, 0.4) is 0 Å². The smallest absolute Gasteiger partial charge is 0.0430 e. The van der Waals surface area contributed by atoms with Crippen LogP contribution in [0, 0.1) is 5.92 Å². The third-order valence-corrected chi connectivity index (χ3v) is 5.04. The quantitative estimate of drug-likeness (QED) is 0.689. The van der Waals surface area contributed by atoms with E-state index in [1.807, 2.05) is 12.4 Å². The van der Waals surface area contributed by atoms with Crippen molar-refractivity contribution in [3.8, 4) is 0 Å². The Hall–Kier alpha value is -0.560. The normalized spacial score (nSPS) is 21.9. The molecule has 0 radical (unpaired) electrons. The third kappa shape index (κ3) is 3.71. The highest BCUT2D eigenvalue weighted by Crippen LogP contribution is 2.35. The first-order chi connectivity index (χ1) is 8.79. The molecule has 1 aromatic heterocycles. The third-order valence-electron chi connectivity index (χ3n) is 4.31. The molecule has 1 aromatic rings. The predicted octanol–water partition coefficient (Wildman–Crippen LogP) is 5.15. The molecule has 1 fully saturated rings. The molecule has 0 saturated heterocycles. The summed E-state index contributed by atoms with van der Waals surface area (Å²) in [4.78, 5) is 4.08. The minimum Gasteiger partial charge on any atom is -0.265 e. The van der Waals surface area contributed by atoms with E-state index in [1.165, 1.54) is 50.5 Å². The second kappa shape index (κ2) is 7.13. The van der Waals surface area contributed by atoms with Gasteiger partial charge in [0.15, 0.2) is 0 Å². The first kappa shape index (κ1) is 13.9. The molecule has 0 spiro atoms. The molecule has 2 unspecified atom stereocenters. The van der Waals surface area contributed by atoms with E-state index in [4.69, 9.17) is 11.6 Å². The highest BCUT2D eigenvalue weighted by molar-refractivity contribution is 6.21. The summed E-state index contributed by atoms with van der Waals surface area (Å²) in [6.45, 7) is 2.26. The Balaban J connectivity index is 1.98. The Bertz CT molecular complexity index is 330. The van der Waals surface area contributed by atoms with Gasteiger partial charge in [0.05, 0.1) is 0 Å². The number of pyridine rings is 1. The van der Waals surface area contributed by atoms with Gasteiger partial charge in [-0.2, -0.15) is 0 Å². The van der Waals surface area contributed by atoms with Crippen LogP contribution in [0.15, 0.2) is 24.5 Å². The van der Waals surface area contributed by atoms with Gasteiger partial charge >= 0.3 is 0 Å². The van der Waals surface area contributed by atoms with Crippen LogP contribution in [0.4, 0.5) is 0 Å². The molecular weight excluding hydrogens is 242 g/mol. The molecule has 2 rings (SSSR count). The van der Waals surface area contributed by atoms with Crippen LogP contribution in [0.1, 0.15) is 63.4 Å². The van der Waals surface area contributed by atoms with E-state index in [0.29, 0.717) is 11.8 Å². The van der Waals surface area contributed by atoms with Crippen molar-refractivity contribution in [1.82, 2.24) is 4.98 Å². The Kier molecular flexibility index (Phi) is 5.49. The monoisotopic (exact) mass is 265 g/mol. The number of aromatic nitrogens is 1. The Morgan fingerprint density at radius 1 is 1.06 bits per heavy atom. The van der Waals surface area contributed by atoms with E-state index in [9.17, 15) is 0 Å². The minimum absolute atomic E-state index is 0.269. The fraction of sp³-hybridized carbons (Fsp3) is 0.688. The zero-order valence-electron chi connectivity index (χ0n) is 11.3. The van der Waals surface area contributed by atoms with E-state index < -0.39 is 0 Å². The molecule has 18 heavy (non-hydrogen) atoms. The lowest BCUT2D eigenvalue weighted by molar-refractivity contribution is 0.347. The molecule has 0 bridgehead atoms. The van der Waals surface area contributed by atoms with Crippen molar-refractivity contribution in [1.29, 1.82) is 0 Å². The van der Waals surface area contributed by atoms with Crippen LogP contribution in [0.25, 0.3) is 0 Å². The van der Waals surface area contributed by atoms with Gasteiger partial charge in [0.1, 0.15) is 0 Å². The van der Waals surface area contributed by atoms with Gasteiger partial charge in [-0.1, -0.05) is 39.0 Å². The van der Waals surface area contributed by atoms with Crippen LogP contribution in [-0.2, 0) is 0 Å². The second-order valence-electron chi connectivity index (χ2n) is 5.62. The summed E-state index contributed by atoms with van der Waals surface area (Å²) >= 11 is 6.75. The highest BCUT2D eigenvalue weighted by Gasteiger charge is 2.25. The number of alkyl halides is 1. The number of nitrogens with zero attached hydrogens (tertiary/aromatic N) is 1. The summed E-state index contributed by atoms with van der Waals surface area (Å²) in [5.74, 6) is 1.12. The lowest BCUT2D eigenvalue weighted by Gasteiger charge is -2.28. The molecule has 2 heteroatoms. The molecule has 1 aliphatic carbocycles. The standard InChI is InChI=1S/C16H24ClN/c1-13(14-9-11-18-12-10-14)16(17)15-7-5-3-2-4-6-8-15/h9-13,15-16H,2-8H2,1H3. The van der Waals surface area contributed by atoms with Gasteiger partial charge in [0, 0.05) is 17.8 Å². The molecule has 0 N–H and O–H groups in total. The van der Waals surface area contributed by atoms with E-state index in [2.05, 4.69) is 24.0 Å². The summed E-state index contributed by atoms with van der Waals surface area (Å²) < 4.78 is 0. The van der Waals surface area contributed by atoms with Crippen LogP contribution < -0.4 is 0 Å². The van der Waals surface area contributed by atoms with E-state index in [0.717, 1.165) is 0 Å². The lowest BCUT2D eigenvalue weighted by atomic mass is 9.82. The van der Waals surface area contributed by atoms with Crippen LogP contribution in [0.5, 0.6) is 0 Å². The van der Waals surface area contributed by atoms with Crippen molar-refractivity contribution in [3.63, 3.8) is 0 Å². The zero-order valence-corrected chi connectivity index (χ0v) is 12.1. The highest BCUT2D eigenvalue weighted by atomic mass is 35.5. The van der Waals surface area contributed by atoms with Crippen molar-refractivity contribution in [2.24, 2.45) is 5.92 Å². The van der Waals surface area contributed by atoms with Crippen molar-refractivity contribution in [2.75, 3.05) is 0 Å². The summed E-state index contributed by atoms with van der Waals surface area (Å²) in [6, 6.07) is 4.20. The molecule has 2 atom stereocenters. The van der Waals surface area contributed by atoms with Crippen molar-refractivity contribution in [3.05, 3.63) is 30.1 Å². The maximum atomic E-state index is 6.75. The summed E-state index contributed by atoms with van der Waals surface area (Å²) in [5.41, 5.74) is 1.33. The number of halogens is 1. The SMILES string of the molecule is CC(c1ccncc1)C(Cl)C1CCCCCCC1. The van der Waals surface area contributed by atoms with Gasteiger partial charge in [-0.25, -0.2) is 0 Å². The van der Waals surface area contributed by atoms with E-state index in [1.54, 1.807) is 0 Å². The fourth-order valence-corrected chi connectivity index (χ4v) is 3.46. The Morgan fingerprint density at radius 3 is 2.22 bits per heavy atom. The van der Waals surface area contributed by atoms with Crippen molar-refractivity contribution >= 4 is 11.6 Å². The largest absolute Gasteiger partial charge is 0.265 e. The lowest BCUT2D eigenvalue weighted by Crippen LogP contribution is -2.22. The van der Waals surface area contributed by atoms with Crippen LogP contribution >= 0.6 is 11.6 Å². The summed E-state index contributed by atoms with van der Waals surface area (Å²) in [5, 5.41) is 0.269. The van der Waals surface area contributed by atoms with Crippen LogP contribution in [-0.4, -0.2) is 10.4 Å².